The fraction of sp³-hybridized carbons (Fsp3) is 0.700. The van der Waals surface area contributed by atoms with Crippen molar-refractivity contribution in [3.05, 3.63) is 30.1 Å². The lowest BCUT2D eigenvalue weighted by Crippen LogP contribution is -2.04. The molecule has 0 unspecified atom stereocenters. The number of nitrogens with zero attached hydrogens (tertiary/aromatic N) is 2. The molecule has 0 aliphatic rings. The van der Waals surface area contributed by atoms with E-state index in [-0.39, 0.29) is 0 Å². The van der Waals surface area contributed by atoms with E-state index in [1.165, 1.54) is 64.2 Å². The van der Waals surface area contributed by atoms with Crippen LogP contribution < -0.4 is 0 Å². The van der Waals surface area contributed by atoms with Gasteiger partial charge in [-0.3, -0.25) is 4.98 Å². The summed E-state index contributed by atoms with van der Waals surface area (Å²) in [6.45, 7) is 2.27. The first kappa shape index (κ1) is 19.7. The van der Waals surface area contributed by atoms with Gasteiger partial charge in [-0.25, -0.2) is 0 Å². The molecule has 0 aromatic carbocycles. The van der Waals surface area contributed by atoms with Crippen LogP contribution >= 0.6 is 0 Å². The molecule has 0 atom stereocenters. The number of hydrogen-bond acceptors (Lipinski definition) is 3. The third-order valence-electron chi connectivity index (χ3n) is 4.18. The molecule has 1 heterocycles. The molecule has 0 fully saturated rings. The van der Waals surface area contributed by atoms with Gasteiger partial charge in [-0.2, -0.15) is 0 Å². The SMILES string of the molecule is CCCCCCCCCCCCC/C(=N/OC)c1ccccn1. The summed E-state index contributed by atoms with van der Waals surface area (Å²) in [6, 6.07) is 5.92. The monoisotopic (exact) mass is 318 g/mol. The van der Waals surface area contributed by atoms with E-state index in [2.05, 4.69) is 17.1 Å². The molecule has 0 aliphatic heterocycles. The lowest BCUT2D eigenvalue weighted by Gasteiger charge is -2.05. The molecule has 0 bridgehead atoms. The van der Waals surface area contributed by atoms with Crippen LogP contribution in [0.3, 0.4) is 0 Å². The fourth-order valence-electron chi connectivity index (χ4n) is 2.82. The molecule has 0 radical (unpaired) electrons. The number of oxime groups is 1. The quantitative estimate of drug-likeness (QED) is 0.235. The molecule has 1 aromatic rings. The lowest BCUT2D eigenvalue weighted by molar-refractivity contribution is 0.212. The first-order valence-corrected chi connectivity index (χ1v) is 9.40. The molecule has 0 N–H and O–H groups in total. The van der Waals surface area contributed by atoms with E-state index >= 15 is 0 Å². The maximum Gasteiger partial charge on any atom is 0.106 e. The van der Waals surface area contributed by atoms with E-state index in [1.807, 2.05) is 18.2 Å². The number of hydrogen-bond donors (Lipinski definition) is 0. The number of rotatable bonds is 14. The van der Waals surface area contributed by atoms with E-state index < -0.39 is 0 Å². The first-order chi connectivity index (χ1) is 11.4. The molecule has 0 amide bonds. The predicted octanol–water partition coefficient (Wildman–Crippen LogP) is 6.13. The highest BCUT2D eigenvalue weighted by Crippen LogP contribution is 2.13. The Morgan fingerprint density at radius 1 is 0.913 bits per heavy atom. The van der Waals surface area contributed by atoms with Gasteiger partial charge in [0.2, 0.25) is 0 Å². The van der Waals surface area contributed by atoms with Gasteiger partial charge in [-0.1, -0.05) is 82.4 Å². The average molecular weight is 319 g/mol. The van der Waals surface area contributed by atoms with E-state index in [1.54, 1.807) is 13.3 Å². The molecule has 0 aliphatic carbocycles. The Morgan fingerprint density at radius 2 is 1.52 bits per heavy atom. The Labute approximate surface area is 142 Å². The van der Waals surface area contributed by atoms with Gasteiger partial charge in [0.1, 0.15) is 12.8 Å². The van der Waals surface area contributed by atoms with Crippen molar-refractivity contribution in [1.29, 1.82) is 0 Å². The Morgan fingerprint density at radius 3 is 2.04 bits per heavy atom. The Balaban J connectivity index is 2.04. The maximum atomic E-state index is 4.96. The summed E-state index contributed by atoms with van der Waals surface area (Å²) in [5, 5.41) is 4.13. The summed E-state index contributed by atoms with van der Waals surface area (Å²) in [6.07, 6.45) is 17.7. The van der Waals surface area contributed by atoms with Crippen LogP contribution in [0.15, 0.2) is 29.6 Å². The third kappa shape index (κ3) is 10.1. The maximum absolute atomic E-state index is 4.96. The van der Waals surface area contributed by atoms with Gasteiger partial charge in [-0.05, 0) is 25.0 Å². The van der Waals surface area contributed by atoms with Crippen LogP contribution in [0.2, 0.25) is 0 Å². The Hall–Kier alpha value is -1.38. The van der Waals surface area contributed by atoms with Crippen molar-refractivity contribution in [2.24, 2.45) is 5.16 Å². The highest BCUT2D eigenvalue weighted by molar-refractivity contribution is 5.98. The summed E-state index contributed by atoms with van der Waals surface area (Å²) < 4.78 is 0. The second kappa shape index (κ2) is 14.2. The van der Waals surface area contributed by atoms with Crippen molar-refractivity contribution in [3.63, 3.8) is 0 Å². The van der Waals surface area contributed by atoms with Crippen LogP contribution in [-0.2, 0) is 4.84 Å². The zero-order chi connectivity index (χ0) is 16.6. The zero-order valence-corrected chi connectivity index (χ0v) is 15.1. The van der Waals surface area contributed by atoms with Crippen LogP contribution in [0.4, 0.5) is 0 Å². The van der Waals surface area contributed by atoms with Crippen molar-refractivity contribution in [3.8, 4) is 0 Å². The molecular weight excluding hydrogens is 284 g/mol. The van der Waals surface area contributed by atoms with Crippen LogP contribution in [0.5, 0.6) is 0 Å². The minimum Gasteiger partial charge on any atom is -0.399 e. The van der Waals surface area contributed by atoms with Crippen molar-refractivity contribution in [1.82, 2.24) is 4.98 Å². The summed E-state index contributed by atoms with van der Waals surface area (Å²) in [5.74, 6) is 0. The summed E-state index contributed by atoms with van der Waals surface area (Å²) >= 11 is 0. The van der Waals surface area contributed by atoms with Gasteiger partial charge >= 0.3 is 0 Å². The predicted molar refractivity (Wildman–Crippen MR) is 98.9 cm³/mol. The molecular formula is C20H34N2O. The summed E-state index contributed by atoms with van der Waals surface area (Å²) in [4.78, 5) is 9.31. The molecule has 1 rings (SSSR count). The molecule has 3 nitrogen and oxygen atoms in total. The van der Waals surface area contributed by atoms with Crippen LogP contribution in [0, 0.1) is 0 Å². The molecule has 3 heteroatoms. The molecule has 0 spiro atoms. The van der Waals surface area contributed by atoms with Crippen molar-refractivity contribution in [2.45, 2.75) is 84.0 Å². The molecule has 23 heavy (non-hydrogen) atoms. The minimum atomic E-state index is 0.932. The molecule has 1 aromatic heterocycles. The van der Waals surface area contributed by atoms with E-state index in [9.17, 15) is 0 Å². The van der Waals surface area contributed by atoms with Crippen molar-refractivity contribution < 1.29 is 4.84 Å². The molecule has 0 saturated carbocycles. The van der Waals surface area contributed by atoms with Gasteiger partial charge < -0.3 is 4.84 Å². The van der Waals surface area contributed by atoms with Gasteiger partial charge in [0.25, 0.3) is 0 Å². The van der Waals surface area contributed by atoms with Crippen LogP contribution in [0.1, 0.15) is 89.7 Å². The number of pyridine rings is 1. The van der Waals surface area contributed by atoms with E-state index in [0.717, 1.165) is 24.2 Å². The fourth-order valence-corrected chi connectivity index (χ4v) is 2.82. The summed E-state index contributed by atoms with van der Waals surface area (Å²) in [7, 11) is 1.60. The van der Waals surface area contributed by atoms with Crippen LogP contribution in [0.25, 0.3) is 0 Å². The summed E-state index contributed by atoms with van der Waals surface area (Å²) in [5.41, 5.74) is 1.89. The second-order valence-corrected chi connectivity index (χ2v) is 6.22. The van der Waals surface area contributed by atoms with Gasteiger partial charge in [0, 0.05) is 6.20 Å². The van der Waals surface area contributed by atoms with E-state index in [0.29, 0.717) is 0 Å². The number of aromatic nitrogens is 1. The zero-order valence-electron chi connectivity index (χ0n) is 15.1. The Kier molecular flexibility index (Phi) is 12.2. The smallest absolute Gasteiger partial charge is 0.106 e. The first-order valence-electron chi connectivity index (χ1n) is 9.40. The normalized spacial score (nSPS) is 11.7. The van der Waals surface area contributed by atoms with Crippen LogP contribution in [-0.4, -0.2) is 17.8 Å². The third-order valence-corrected chi connectivity index (χ3v) is 4.18. The van der Waals surface area contributed by atoms with Crippen molar-refractivity contribution in [2.75, 3.05) is 7.11 Å². The van der Waals surface area contributed by atoms with Gasteiger partial charge in [0.05, 0.1) is 5.69 Å². The Bertz CT molecular complexity index is 403. The molecule has 130 valence electrons. The van der Waals surface area contributed by atoms with Crippen molar-refractivity contribution >= 4 is 5.71 Å². The topological polar surface area (TPSA) is 34.5 Å². The highest BCUT2D eigenvalue weighted by atomic mass is 16.6. The second-order valence-electron chi connectivity index (χ2n) is 6.22. The standard InChI is InChI=1S/C20H34N2O/c1-3-4-5-6-7-8-9-10-11-12-13-17-20(22-23-2)19-16-14-15-18-21-19/h14-16,18H,3-13,17H2,1-2H3/b22-20-. The largest absolute Gasteiger partial charge is 0.399 e. The van der Waals surface area contributed by atoms with Gasteiger partial charge in [-0.15, -0.1) is 0 Å². The number of unbranched alkanes of at least 4 members (excludes halogenated alkanes) is 10. The van der Waals surface area contributed by atoms with E-state index in [4.69, 9.17) is 4.84 Å². The van der Waals surface area contributed by atoms with Gasteiger partial charge in [0.15, 0.2) is 0 Å². The molecule has 0 saturated heterocycles. The lowest BCUT2D eigenvalue weighted by atomic mass is 10.0. The highest BCUT2D eigenvalue weighted by Gasteiger charge is 2.05. The average Bonchev–Trinajstić information content (AvgIpc) is 2.59. The minimum absolute atomic E-state index is 0.932.